The molecule has 0 fully saturated rings. The van der Waals surface area contributed by atoms with Gasteiger partial charge in [0.05, 0.1) is 17.1 Å². The number of carbonyl (C=O) groups excluding carboxylic acids is 2. The lowest BCUT2D eigenvalue weighted by Gasteiger charge is -2.15. The summed E-state index contributed by atoms with van der Waals surface area (Å²) in [5, 5.41) is 25.4. The normalized spacial score (nSPS) is 11.4. The van der Waals surface area contributed by atoms with Crippen LogP contribution in [0, 0.1) is 10.1 Å². The van der Waals surface area contributed by atoms with Crippen molar-refractivity contribution in [1.82, 2.24) is 5.32 Å². The quantitative estimate of drug-likeness (QED) is 0.340. The highest BCUT2D eigenvalue weighted by molar-refractivity contribution is 5.98. The maximum Gasteiger partial charge on any atom is 0.341 e. The van der Waals surface area contributed by atoms with E-state index in [4.69, 9.17) is 9.84 Å². The fourth-order valence-corrected chi connectivity index (χ4v) is 2.37. The van der Waals surface area contributed by atoms with Crippen molar-refractivity contribution >= 4 is 23.3 Å². The number of aliphatic hydroxyl groups is 1. The predicted octanol–water partition coefficient (Wildman–Crippen LogP) is 1.86. The molecule has 0 radical (unpaired) electrons. The first-order valence-corrected chi connectivity index (χ1v) is 8.58. The van der Waals surface area contributed by atoms with Crippen molar-refractivity contribution in [3.8, 4) is 0 Å². The molecule has 1 unspecified atom stereocenters. The maximum atomic E-state index is 12.5. The van der Waals surface area contributed by atoms with E-state index in [1.54, 1.807) is 0 Å². The number of nitro benzene ring substituents is 1. The van der Waals surface area contributed by atoms with Crippen molar-refractivity contribution in [3.05, 3.63) is 69.8 Å². The number of nitro groups is 1. The van der Waals surface area contributed by atoms with Crippen molar-refractivity contribution in [3.63, 3.8) is 0 Å². The third-order valence-electron chi connectivity index (χ3n) is 3.82. The Kier molecular flexibility index (Phi) is 7.46. The van der Waals surface area contributed by atoms with E-state index in [1.807, 2.05) is 30.3 Å². The summed E-state index contributed by atoms with van der Waals surface area (Å²) in [6, 6.07) is 12.9. The molecule has 9 heteroatoms. The number of nitrogens with zero attached hydrogens (tertiary/aromatic N) is 1. The zero-order valence-corrected chi connectivity index (χ0v) is 15.3. The second-order valence-electron chi connectivity index (χ2n) is 5.89. The molecule has 9 nitrogen and oxygen atoms in total. The Bertz CT molecular complexity index is 841. The number of aliphatic hydroxyl groups excluding tert-OH is 1. The number of carbonyl (C=O) groups is 2. The molecule has 1 amide bonds. The molecule has 0 saturated heterocycles. The van der Waals surface area contributed by atoms with Gasteiger partial charge >= 0.3 is 5.97 Å². The highest BCUT2D eigenvalue weighted by Crippen LogP contribution is 2.23. The number of anilines is 1. The van der Waals surface area contributed by atoms with Gasteiger partial charge in [0.2, 0.25) is 0 Å². The molecule has 0 aromatic heterocycles. The maximum absolute atomic E-state index is 12.5. The van der Waals surface area contributed by atoms with Gasteiger partial charge < -0.3 is 20.5 Å². The Morgan fingerprint density at radius 1 is 1.21 bits per heavy atom. The van der Waals surface area contributed by atoms with Crippen LogP contribution < -0.4 is 10.6 Å². The molecular weight excluding hydrogens is 366 g/mol. The molecule has 28 heavy (non-hydrogen) atoms. The summed E-state index contributed by atoms with van der Waals surface area (Å²) >= 11 is 0. The van der Waals surface area contributed by atoms with Crippen molar-refractivity contribution in [1.29, 1.82) is 0 Å². The number of hydrogen-bond donors (Lipinski definition) is 3. The van der Waals surface area contributed by atoms with Gasteiger partial charge in [0.15, 0.2) is 6.10 Å². The van der Waals surface area contributed by atoms with Crippen LogP contribution in [0.3, 0.4) is 0 Å². The summed E-state index contributed by atoms with van der Waals surface area (Å²) in [5.74, 6) is -1.38. The number of non-ortho nitro benzene ring substituents is 1. The molecule has 0 saturated carbocycles. The number of hydrogen-bond acceptors (Lipinski definition) is 7. The van der Waals surface area contributed by atoms with Crippen LogP contribution in [0.15, 0.2) is 48.5 Å². The third kappa shape index (κ3) is 5.78. The van der Waals surface area contributed by atoms with E-state index in [1.165, 1.54) is 19.1 Å². The SMILES string of the molecule is CC(OC(=O)c1cc([N+](=O)[O-])ccc1NCCO)C(=O)NCc1ccccc1. The van der Waals surface area contributed by atoms with Gasteiger partial charge in [-0.05, 0) is 18.6 Å². The average molecular weight is 387 g/mol. The second-order valence-corrected chi connectivity index (χ2v) is 5.89. The first kappa shape index (κ1) is 20.8. The van der Waals surface area contributed by atoms with Gasteiger partial charge in [-0.3, -0.25) is 14.9 Å². The molecule has 2 rings (SSSR count). The largest absolute Gasteiger partial charge is 0.449 e. The molecule has 1 atom stereocenters. The van der Waals surface area contributed by atoms with Crippen LogP contribution in [0.1, 0.15) is 22.8 Å². The van der Waals surface area contributed by atoms with Gasteiger partial charge in [0, 0.05) is 30.9 Å². The molecule has 0 bridgehead atoms. The van der Waals surface area contributed by atoms with Crippen LogP contribution in [0.5, 0.6) is 0 Å². The van der Waals surface area contributed by atoms with E-state index in [0.29, 0.717) is 0 Å². The minimum absolute atomic E-state index is 0.0923. The van der Waals surface area contributed by atoms with Gasteiger partial charge in [-0.2, -0.15) is 0 Å². The van der Waals surface area contributed by atoms with E-state index in [-0.39, 0.29) is 36.6 Å². The predicted molar refractivity (Wildman–Crippen MR) is 102 cm³/mol. The summed E-state index contributed by atoms with van der Waals surface area (Å²) in [4.78, 5) is 35.0. The summed E-state index contributed by atoms with van der Waals surface area (Å²) in [7, 11) is 0. The number of esters is 1. The van der Waals surface area contributed by atoms with E-state index in [9.17, 15) is 19.7 Å². The van der Waals surface area contributed by atoms with E-state index in [2.05, 4.69) is 10.6 Å². The summed E-state index contributed by atoms with van der Waals surface area (Å²) in [6.07, 6.45) is -1.10. The number of benzene rings is 2. The molecule has 0 aliphatic carbocycles. The molecule has 0 spiro atoms. The van der Waals surface area contributed by atoms with Crippen LogP contribution in [0.4, 0.5) is 11.4 Å². The number of nitrogens with one attached hydrogen (secondary N) is 2. The zero-order chi connectivity index (χ0) is 20.5. The van der Waals surface area contributed by atoms with Gasteiger partial charge in [-0.25, -0.2) is 4.79 Å². The molecule has 0 aliphatic heterocycles. The fourth-order valence-electron chi connectivity index (χ4n) is 2.37. The monoisotopic (exact) mass is 387 g/mol. The Labute approximate surface area is 161 Å². The van der Waals surface area contributed by atoms with Crippen LogP contribution in [-0.2, 0) is 16.1 Å². The standard InChI is InChI=1S/C19H21N3O6/c1-13(18(24)21-12-14-5-3-2-4-6-14)28-19(25)16-11-15(22(26)27)7-8-17(16)20-9-10-23/h2-8,11,13,20,23H,9-10,12H2,1H3,(H,21,24). The first-order chi connectivity index (χ1) is 13.4. The fraction of sp³-hybridized carbons (Fsp3) is 0.263. The van der Waals surface area contributed by atoms with E-state index in [0.717, 1.165) is 11.6 Å². The first-order valence-electron chi connectivity index (χ1n) is 8.58. The lowest BCUT2D eigenvalue weighted by molar-refractivity contribution is -0.384. The molecule has 148 valence electrons. The molecule has 2 aromatic carbocycles. The highest BCUT2D eigenvalue weighted by Gasteiger charge is 2.23. The van der Waals surface area contributed by atoms with Crippen molar-refractivity contribution in [2.75, 3.05) is 18.5 Å². The lowest BCUT2D eigenvalue weighted by Crippen LogP contribution is -2.35. The van der Waals surface area contributed by atoms with Gasteiger partial charge in [0.1, 0.15) is 0 Å². The van der Waals surface area contributed by atoms with E-state index < -0.39 is 22.9 Å². The number of rotatable bonds is 9. The molecule has 2 aromatic rings. The summed E-state index contributed by atoms with van der Waals surface area (Å²) < 4.78 is 5.17. The van der Waals surface area contributed by atoms with Crippen LogP contribution in [0.25, 0.3) is 0 Å². The lowest BCUT2D eigenvalue weighted by atomic mass is 10.1. The summed E-state index contributed by atoms with van der Waals surface area (Å²) in [6.45, 7) is 1.65. The van der Waals surface area contributed by atoms with Gasteiger partial charge in [-0.15, -0.1) is 0 Å². The summed E-state index contributed by atoms with van der Waals surface area (Å²) in [5.41, 5.74) is 0.776. The molecule has 0 heterocycles. The smallest absolute Gasteiger partial charge is 0.341 e. The van der Waals surface area contributed by atoms with Crippen LogP contribution in [-0.4, -0.2) is 41.2 Å². The van der Waals surface area contributed by atoms with Crippen molar-refractivity contribution < 1.29 is 24.4 Å². The minimum atomic E-state index is -1.10. The van der Waals surface area contributed by atoms with Crippen molar-refractivity contribution in [2.45, 2.75) is 19.6 Å². The Balaban J connectivity index is 2.06. The molecule has 3 N–H and O–H groups in total. The van der Waals surface area contributed by atoms with E-state index >= 15 is 0 Å². The number of amides is 1. The van der Waals surface area contributed by atoms with Crippen LogP contribution >= 0.6 is 0 Å². The topological polar surface area (TPSA) is 131 Å². The Morgan fingerprint density at radius 3 is 2.57 bits per heavy atom. The minimum Gasteiger partial charge on any atom is -0.449 e. The highest BCUT2D eigenvalue weighted by atomic mass is 16.6. The average Bonchev–Trinajstić information content (AvgIpc) is 2.70. The van der Waals surface area contributed by atoms with Crippen molar-refractivity contribution in [2.24, 2.45) is 0 Å². The molecular formula is C19H21N3O6. The Hall–Kier alpha value is -3.46. The molecule has 0 aliphatic rings. The van der Waals surface area contributed by atoms with Gasteiger partial charge in [0.25, 0.3) is 11.6 Å². The number of ether oxygens (including phenoxy) is 1. The van der Waals surface area contributed by atoms with Crippen LogP contribution in [0.2, 0.25) is 0 Å². The Morgan fingerprint density at radius 2 is 1.93 bits per heavy atom. The second kappa shape index (κ2) is 10.0. The zero-order valence-electron chi connectivity index (χ0n) is 15.3. The third-order valence-corrected chi connectivity index (χ3v) is 3.82. The van der Waals surface area contributed by atoms with Gasteiger partial charge in [-0.1, -0.05) is 30.3 Å².